The van der Waals surface area contributed by atoms with Gasteiger partial charge in [-0.2, -0.15) is 0 Å². The van der Waals surface area contributed by atoms with Crippen LogP contribution in [-0.4, -0.2) is 58.3 Å². The van der Waals surface area contributed by atoms with Crippen LogP contribution in [0.3, 0.4) is 0 Å². The molecule has 1 aliphatic rings. The van der Waals surface area contributed by atoms with E-state index in [1.54, 1.807) is 0 Å². The molecule has 0 spiro atoms. The van der Waals surface area contributed by atoms with Crippen molar-refractivity contribution in [3.63, 3.8) is 0 Å². The number of carboxylic acids is 1. The number of carbonyl (C=O) groups excluding carboxylic acids is 2. The standard InChI is InChI=1S/C10H17N3O5/c11-8(15)2-1-3-12-10(18)13-5-6(14)4-7(13)9(16)17/h6-7,14H,1-5H2,(H2,11,15)(H,12,18)(H,16,17)/t6-,7-/m0/s1. The molecule has 1 rings (SSSR count). The largest absolute Gasteiger partial charge is 0.480 e. The van der Waals surface area contributed by atoms with E-state index in [4.69, 9.17) is 10.8 Å². The lowest BCUT2D eigenvalue weighted by atomic mass is 10.2. The van der Waals surface area contributed by atoms with E-state index in [1.807, 2.05) is 0 Å². The van der Waals surface area contributed by atoms with E-state index >= 15 is 0 Å². The van der Waals surface area contributed by atoms with Gasteiger partial charge in [-0.25, -0.2) is 9.59 Å². The molecule has 2 atom stereocenters. The quantitative estimate of drug-likeness (QED) is 0.445. The van der Waals surface area contributed by atoms with Crippen LogP contribution in [0.5, 0.6) is 0 Å². The molecular formula is C10H17N3O5. The van der Waals surface area contributed by atoms with Gasteiger partial charge in [0.2, 0.25) is 5.91 Å². The van der Waals surface area contributed by atoms with E-state index in [-0.39, 0.29) is 25.9 Å². The Labute approximate surface area is 104 Å². The number of likely N-dealkylation sites (tertiary alicyclic amines) is 1. The van der Waals surface area contributed by atoms with E-state index in [9.17, 15) is 19.5 Å². The van der Waals surface area contributed by atoms with Gasteiger partial charge in [0.25, 0.3) is 0 Å². The van der Waals surface area contributed by atoms with Crippen LogP contribution in [0.1, 0.15) is 19.3 Å². The molecular weight excluding hydrogens is 242 g/mol. The molecule has 18 heavy (non-hydrogen) atoms. The second kappa shape index (κ2) is 6.20. The lowest BCUT2D eigenvalue weighted by molar-refractivity contribution is -0.141. The number of nitrogens with two attached hydrogens (primary N) is 1. The molecule has 0 aromatic rings. The van der Waals surface area contributed by atoms with Gasteiger partial charge in [-0.1, -0.05) is 0 Å². The Morgan fingerprint density at radius 1 is 1.39 bits per heavy atom. The van der Waals surface area contributed by atoms with Crippen LogP contribution >= 0.6 is 0 Å². The SMILES string of the molecule is NC(=O)CCCNC(=O)N1C[C@@H](O)C[C@H]1C(=O)O. The Bertz CT molecular complexity index is 346. The van der Waals surface area contributed by atoms with E-state index in [0.717, 1.165) is 4.90 Å². The maximum atomic E-state index is 11.7. The van der Waals surface area contributed by atoms with Crippen LogP contribution in [0, 0.1) is 0 Å². The summed E-state index contributed by atoms with van der Waals surface area (Å²) in [4.78, 5) is 34.1. The summed E-state index contributed by atoms with van der Waals surface area (Å²) < 4.78 is 0. The van der Waals surface area contributed by atoms with Crippen molar-refractivity contribution in [2.75, 3.05) is 13.1 Å². The summed E-state index contributed by atoms with van der Waals surface area (Å²) >= 11 is 0. The highest BCUT2D eigenvalue weighted by atomic mass is 16.4. The number of aliphatic hydroxyl groups excluding tert-OH is 1. The number of rotatable bonds is 5. The number of hydrogen-bond acceptors (Lipinski definition) is 4. The normalized spacial score (nSPS) is 22.8. The average Bonchev–Trinajstić information content (AvgIpc) is 2.66. The zero-order valence-corrected chi connectivity index (χ0v) is 9.83. The summed E-state index contributed by atoms with van der Waals surface area (Å²) in [6.07, 6.45) is -0.229. The Morgan fingerprint density at radius 2 is 2.06 bits per heavy atom. The molecule has 0 saturated carbocycles. The van der Waals surface area contributed by atoms with E-state index in [0.29, 0.717) is 6.42 Å². The zero-order valence-electron chi connectivity index (χ0n) is 9.83. The first-order valence-corrected chi connectivity index (χ1v) is 5.65. The molecule has 8 heteroatoms. The molecule has 0 radical (unpaired) electrons. The summed E-state index contributed by atoms with van der Waals surface area (Å²) in [6.45, 7) is 0.235. The number of urea groups is 1. The third kappa shape index (κ3) is 3.88. The molecule has 8 nitrogen and oxygen atoms in total. The molecule has 3 amide bonds. The molecule has 1 aliphatic heterocycles. The van der Waals surface area contributed by atoms with Crippen LogP contribution in [0.2, 0.25) is 0 Å². The number of carbonyl (C=O) groups is 3. The molecule has 0 aromatic heterocycles. The monoisotopic (exact) mass is 259 g/mol. The van der Waals surface area contributed by atoms with Crippen molar-refractivity contribution < 1.29 is 24.6 Å². The molecule has 0 aliphatic carbocycles. The predicted molar refractivity (Wildman–Crippen MR) is 60.6 cm³/mol. The van der Waals surface area contributed by atoms with Gasteiger partial charge in [-0.05, 0) is 6.42 Å². The molecule has 0 bridgehead atoms. The average molecular weight is 259 g/mol. The lowest BCUT2D eigenvalue weighted by Gasteiger charge is -2.21. The number of primary amides is 1. The van der Waals surface area contributed by atoms with Crippen molar-refractivity contribution in [2.45, 2.75) is 31.4 Å². The van der Waals surface area contributed by atoms with Gasteiger partial charge < -0.3 is 26.2 Å². The minimum absolute atomic E-state index is 0.00137. The van der Waals surface area contributed by atoms with Crippen molar-refractivity contribution in [3.05, 3.63) is 0 Å². The zero-order chi connectivity index (χ0) is 13.7. The fourth-order valence-corrected chi connectivity index (χ4v) is 1.83. The Morgan fingerprint density at radius 3 is 2.61 bits per heavy atom. The highest BCUT2D eigenvalue weighted by Crippen LogP contribution is 2.17. The summed E-state index contributed by atoms with van der Waals surface area (Å²) in [6, 6.07) is -1.56. The summed E-state index contributed by atoms with van der Waals surface area (Å²) in [5.41, 5.74) is 4.94. The van der Waals surface area contributed by atoms with Crippen molar-refractivity contribution in [1.29, 1.82) is 0 Å². The van der Waals surface area contributed by atoms with Crippen molar-refractivity contribution in [2.24, 2.45) is 5.73 Å². The Balaban J connectivity index is 2.40. The fraction of sp³-hybridized carbons (Fsp3) is 0.700. The van der Waals surface area contributed by atoms with E-state index < -0.39 is 30.1 Å². The highest BCUT2D eigenvalue weighted by Gasteiger charge is 2.38. The maximum absolute atomic E-state index is 11.7. The van der Waals surface area contributed by atoms with Gasteiger partial charge >= 0.3 is 12.0 Å². The first kappa shape index (κ1) is 14.2. The summed E-state index contributed by atoms with van der Waals surface area (Å²) in [5, 5.41) is 20.8. The number of β-amino-alcohol motifs (C(OH)–C–C–N with tert-alkyl or cyclic N) is 1. The van der Waals surface area contributed by atoms with Crippen LogP contribution in [0.25, 0.3) is 0 Å². The minimum Gasteiger partial charge on any atom is -0.480 e. The van der Waals surface area contributed by atoms with Crippen LogP contribution in [0.4, 0.5) is 4.79 Å². The van der Waals surface area contributed by atoms with Gasteiger partial charge in [0, 0.05) is 25.9 Å². The first-order valence-electron chi connectivity index (χ1n) is 5.65. The summed E-state index contributed by atoms with van der Waals surface area (Å²) in [7, 11) is 0. The number of aliphatic hydroxyl groups is 1. The Hall–Kier alpha value is -1.83. The highest BCUT2D eigenvalue weighted by molar-refractivity contribution is 5.83. The number of hydrogen-bond donors (Lipinski definition) is 4. The molecule has 102 valence electrons. The number of aliphatic carboxylic acids is 1. The molecule has 5 N–H and O–H groups in total. The molecule has 0 unspecified atom stereocenters. The van der Waals surface area contributed by atoms with Gasteiger partial charge in [0.1, 0.15) is 6.04 Å². The fourth-order valence-electron chi connectivity index (χ4n) is 1.83. The second-order valence-corrected chi connectivity index (χ2v) is 4.20. The third-order valence-corrected chi connectivity index (χ3v) is 2.70. The van der Waals surface area contributed by atoms with Crippen molar-refractivity contribution in [3.8, 4) is 0 Å². The molecule has 1 fully saturated rings. The maximum Gasteiger partial charge on any atom is 0.326 e. The second-order valence-electron chi connectivity index (χ2n) is 4.20. The van der Waals surface area contributed by atoms with Crippen molar-refractivity contribution in [1.82, 2.24) is 10.2 Å². The van der Waals surface area contributed by atoms with Gasteiger partial charge in [-0.15, -0.1) is 0 Å². The first-order chi connectivity index (χ1) is 8.41. The van der Waals surface area contributed by atoms with Gasteiger partial charge in [-0.3, -0.25) is 4.79 Å². The number of nitrogens with zero attached hydrogens (tertiary/aromatic N) is 1. The smallest absolute Gasteiger partial charge is 0.326 e. The van der Waals surface area contributed by atoms with Gasteiger partial charge in [0.15, 0.2) is 0 Å². The Kier molecular flexibility index (Phi) is 4.90. The topological polar surface area (TPSA) is 133 Å². The van der Waals surface area contributed by atoms with E-state index in [1.165, 1.54) is 0 Å². The van der Waals surface area contributed by atoms with E-state index in [2.05, 4.69) is 5.32 Å². The minimum atomic E-state index is -1.14. The lowest BCUT2D eigenvalue weighted by Crippen LogP contribution is -2.46. The number of carboxylic acid groups (broad SMARTS) is 1. The number of nitrogens with one attached hydrogen (secondary N) is 1. The van der Waals surface area contributed by atoms with Gasteiger partial charge in [0.05, 0.1) is 6.10 Å². The summed E-state index contributed by atoms with van der Waals surface area (Å²) in [5.74, 6) is -1.59. The number of amides is 3. The molecule has 0 aromatic carbocycles. The molecule has 1 saturated heterocycles. The van der Waals surface area contributed by atoms with Crippen LogP contribution in [-0.2, 0) is 9.59 Å². The van der Waals surface area contributed by atoms with Crippen LogP contribution < -0.4 is 11.1 Å². The molecule has 1 heterocycles. The third-order valence-electron chi connectivity index (χ3n) is 2.70. The van der Waals surface area contributed by atoms with Crippen molar-refractivity contribution >= 4 is 17.9 Å². The predicted octanol–water partition coefficient (Wildman–Crippen LogP) is -1.52. The van der Waals surface area contributed by atoms with Crippen LogP contribution in [0.15, 0.2) is 0 Å².